The first kappa shape index (κ1) is 16.0. The number of aliphatic hydroxyl groups is 1. The Kier molecular flexibility index (Phi) is 5.81. The lowest BCUT2D eigenvalue weighted by molar-refractivity contribution is -0.138. The molecular weight excluding hydrogens is 274 g/mol. The van der Waals surface area contributed by atoms with Gasteiger partial charge in [0.05, 0.1) is 6.54 Å². The molecule has 21 heavy (non-hydrogen) atoms. The predicted octanol–water partition coefficient (Wildman–Crippen LogP) is 0.0455. The van der Waals surface area contributed by atoms with E-state index in [-0.39, 0.29) is 25.2 Å². The Morgan fingerprint density at radius 3 is 2.38 bits per heavy atom. The number of amides is 2. The number of aliphatic hydroxyl groups excluding tert-OH is 1. The number of carboxylic acid groups (broad SMARTS) is 1. The summed E-state index contributed by atoms with van der Waals surface area (Å²) in [5, 5.41) is 17.9. The summed E-state index contributed by atoms with van der Waals surface area (Å²) < 4.78 is 0. The lowest BCUT2D eigenvalue weighted by Crippen LogP contribution is -2.56. The van der Waals surface area contributed by atoms with E-state index >= 15 is 0 Å². The highest BCUT2D eigenvalue weighted by molar-refractivity contribution is 5.75. The summed E-state index contributed by atoms with van der Waals surface area (Å²) in [6, 6.07) is 0.191. The Balaban J connectivity index is 1.86. The molecule has 2 saturated heterocycles. The number of rotatable bonds is 4. The average molecular weight is 299 g/mol. The van der Waals surface area contributed by atoms with Crippen molar-refractivity contribution in [1.82, 2.24) is 14.7 Å². The van der Waals surface area contributed by atoms with Crippen molar-refractivity contribution in [3.63, 3.8) is 0 Å². The molecular formula is C14H25N3O4. The van der Waals surface area contributed by atoms with Gasteiger partial charge in [-0.25, -0.2) is 4.79 Å². The van der Waals surface area contributed by atoms with Crippen LogP contribution in [0, 0.1) is 0 Å². The van der Waals surface area contributed by atoms with Gasteiger partial charge >= 0.3 is 12.0 Å². The van der Waals surface area contributed by atoms with Gasteiger partial charge in [0, 0.05) is 45.4 Å². The summed E-state index contributed by atoms with van der Waals surface area (Å²) in [4.78, 5) is 28.9. The molecule has 0 saturated carbocycles. The van der Waals surface area contributed by atoms with Crippen LogP contribution < -0.4 is 0 Å². The number of hydrogen-bond acceptors (Lipinski definition) is 4. The van der Waals surface area contributed by atoms with Crippen molar-refractivity contribution in [2.24, 2.45) is 0 Å². The van der Waals surface area contributed by atoms with Crippen LogP contribution in [-0.4, -0.2) is 88.8 Å². The number of piperazine rings is 1. The van der Waals surface area contributed by atoms with Gasteiger partial charge in [0.15, 0.2) is 0 Å². The van der Waals surface area contributed by atoms with Crippen LogP contribution in [0.25, 0.3) is 0 Å². The molecule has 0 bridgehead atoms. The fraction of sp³-hybridized carbons (Fsp3) is 0.857. The zero-order valence-corrected chi connectivity index (χ0v) is 12.4. The van der Waals surface area contributed by atoms with Gasteiger partial charge in [-0.15, -0.1) is 0 Å². The first-order chi connectivity index (χ1) is 10.1. The zero-order chi connectivity index (χ0) is 15.2. The van der Waals surface area contributed by atoms with Crippen molar-refractivity contribution in [2.45, 2.75) is 31.7 Å². The molecule has 7 nitrogen and oxygen atoms in total. The number of carbonyl (C=O) groups excluding carboxylic acids is 1. The molecule has 2 rings (SSSR count). The molecule has 7 heteroatoms. The highest BCUT2D eigenvalue weighted by atomic mass is 16.4. The standard InChI is InChI=1S/C14H25N3O4/c18-10-4-12-3-1-2-5-17(12)14(21)16-8-6-15(7-9-16)11-13(19)20/h12,18H,1-11H2,(H,19,20). The van der Waals surface area contributed by atoms with E-state index in [0.717, 1.165) is 25.8 Å². The first-order valence-corrected chi connectivity index (χ1v) is 7.72. The molecule has 1 atom stereocenters. The Morgan fingerprint density at radius 2 is 1.76 bits per heavy atom. The minimum atomic E-state index is -0.825. The fourth-order valence-corrected chi connectivity index (χ4v) is 3.17. The topological polar surface area (TPSA) is 84.3 Å². The summed E-state index contributed by atoms with van der Waals surface area (Å²) >= 11 is 0. The van der Waals surface area contributed by atoms with Gasteiger partial charge in [-0.2, -0.15) is 0 Å². The maximum Gasteiger partial charge on any atom is 0.320 e. The highest BCUT2D eigenvalue weighted by Crippen LogP contribution is 2.21. The lowest BCUT2D eigenvalue weighted by Gasteiger charge is -2.41. The number of piperidine rings is 1. The molecule has 0 aliphatic carbocycles. The molecule has 2 aliphatic heterocycles. The van der Waals surface area contributed by atoms with E-state index in [2.05, 4.69) is 0 Å². The molecule has 0 spiro atoms. The van der Waals surface area contributed by atoms with Gasteiger partial charge in [-0.05, 0) is 25.7 Å². The minimum absolute atomic E-state index is 0.0406. The summed E-state index contributed by atoms with van der Waals surface area (Å²) in [7, 11) is 0. The Bertz CT molecular complexity index is 367. The Hall–Kier alpha value is -1.34. The van der Waals surface area contributed by atoms with E-state index in [1.165, 1.54) is 0 Å². The smallest absolute Gasteiger partial charge is 0.320 e. The van der Waals surface area contributed by atoms with E-state index < -0.39 is 5.97 Å². The van der Waals surface area contributed by atoms with Gasteiger partial charge in [0.2, 0.25) is 0 Å². The Labute approximate surface area is 125 Å². The van der Waals surface area contributed by atoms with E-state index in [4.69, 9.17) is 10.2 Å². The monoisotopic (exact) mass is 299 g/mol. The highest BCUT2D eigenvalue weighted by Gasteiger charge is 2.31. The molecule has 1 unspecified atom stereocenters. The largest absolute Gasteiger partial charge is 0.480 e. The van der Waals surface area contributed by atoms with Crippen LogP contribution in [0.15, 0.2) is 0 Å². The average Bonchev–Trinajstić information content (AvgIpc) is 2.48. The fourth-order valence-electron chi connectivity index (χ4n) is 3.17. The van der Waals surface area contributed by atoms with Gasteiger partial charge < -0.3 is 20.0 Å². The maximum absolute atomic E-state index is 12.6. The van der Waals surface area contributed by atoms with Crippen LogP contribution in [0.1, 0.15) is 25.7 Å². The molecule has 2 amide bonds. The summed E-state index contributed by atoms with van der Waals surface area (Å²) in [5.74, 6) is -0.825. The third-order valence-electron chi connectivity index (χ3n) is 4.34. The number of urea groups is 1. The molecule has 2 heterocycles. The molecule has 120 valence electrons. The van der Waals surface area contributed by atoms with Crippen LogP contribution in [-0.2, 0) is 4.79 Å². The van der Waals surface area contributed by atoms with Crippen LogP contribution >= 0.6 is 0 Å². The van der Waals surface area contributed by atoms with Crippen molar-refractivity contribution in [2.75, 3.05) is 45.9 Å². The second-order valence-corrected chi connectivity index (χ2v) is 5.79. The molecule has 0 aromatic carbocycles. The summed E-state index contributed by atoms with van der Waals surface area (Å²) in [6.07, 6.45) is 3.74. The van der Waals surface area contributed by atoms with Crippen LogP contribution in [0.4, 0.5) is 4.79 Å². The van der Waals surface area contributed by atoms with E-state index in [0.29, 0.717) is 32.6 Å². The lowest BCUT2D eigenvalue weighted by atomic mass is 10.00. The van der Waals surface area contributed by atoms with Crippen LogP contribution in [0.3, 0.4) is 0 Å². The number of likely N-dealkylation sites (tertiary alicyclic amines) is 1. The third-order valence-corrected chi connectivity index (χ3v) is 4.34. The molecule has 2 fully saturated rings. The number of aliphatic carboxylic acids is 1. The second-order valence-electron chi connectivity index (χ2n) is 5.79. The summed E-state index contributed by atoms with van der Waals surface area (Å²) in [6.45, 7) is 3.29. The van der Waals surface area contributed by atoms with Crippen molar-refractivity contribution in [1.29, 1.82) is 0 Å². The normalized spacial score (nSPS) is 24.1. The van der Waals surface area contributed by atoms with Gasteiger partial charge in [-0.3, -0.25) is 9.69 Å². The van der Waals surface area contributed by atoms with Crippen molar-refractivity contribution in [3.05, 3.63) is 0 Å². The number of hydrogen-bond donors (Lipinski definition) is 2. The quantitative estimate of drug-likeness (QED) is 0.766. The number of carboxylic acids is 1. The minimum Gasteiger partial charge on any atom is -0.480 e. The van der Waals surface area contributed by atoms with Gasteiger partial charge in [0.1, 0.15) is 0 Å². The van der Waals surface area contributed by atoms with Crippen molar-refractivity contribution >= 4 is 12.0 Å². The predicted molar refractivity (Wildman–Crippen MR) is 77.1 cm³/mol. The zero-order valence-electron chi connectivity index (χ0n) is 12.4. The van der Waals surface area contributed by atoms with E-state index in [9.17, 15) is 9.59 Å². The SMILES string of the molecule is O=C(O)CN1CCN(C(=O)N2CCCCC2CCO)CC1. The van der Waals surface area contributed by atoms with Gasteiger partial charge in [0.25, 0.3) is 0 Å². The molecule has 0 aromatic heterocycles. The summed E-state index contributed by atoms with van der Waals surface area (Å²) in [5.41, 5.74) is 0. The molecule has 2 aliphatic rings. The van der Waals surface area contributed by atoms with Crippen LogP contribution in [0.5, 0.6) is 0 Å². The van der Waals surface area contributed by atoms with Crippen molar-refractivity contribution < 1.29 is 19.8 Å². The maximum atomic E-state index is 12.6. The second kappa shape index (κ2) is 7.61. The van der Waals surface area contributed by atoms with E-state index in [1.54, 1.807) is 0 Å². The number of nitrogens with zero attached hydrogens (tertiary/aromatic N) is 3. The van der Waals surface area contributed by atoms with Crippen molar-refractivity contribution in [3.8, 4) is 0 Å². The molecule has 0 aromatic rings. The molecule has 0 radical (unpaired) electrons. The number of carbonyl (C=O) groups is 2. The third kappa shape index (κ3) is 4.31. The van der Waals surface area contributed by atoms with Crippen LogP contribution in [0.2, 0.25) is 0 Å². The molecule has 2 N–H and O–H groups in total. The first-order valence-electron chi connectivity index (χ1n) is 7.72. The van der Waals surface area contributed by atoms with E-state index in [1.807, 2.05) is 14.7 Å². The Morgan fingerprint density at radius 1 is 1.05 bits per heavy atom. The van der Waals surface area contributed by atoms with Gasteiger partial charge in [-0.1, -0.05) is 0 Å².